The van der Waals surface area contributed by atoms with Crippen LogP contribution in [0.3, 0.4) is 0 Å². The highest BCUT2D eigenvalue weighted by molar-refractivity contribution is 9.10. The Kier molecular flexibility index (Phi) is 19.0. The van der Waals surface area contributed by atoms with Gasteiger partial charge in [0.2, 0.25) is 0 Å². The molecule has 2 unspecified atom stereocenters. The summed E-state index contributed by atoms with van der Waals surface area (Å²) in [5.74, 6) is 1.20. The Morgan fingerprint density at radius 2 is 1.39 bits per heavy atom. The molecule has 0 fully saturated rings. The third-order valence-corrected chi connectivity index (χ3v) is 9.84. The smallest absolute Gasteiger partial charge is 0.140 e. The predicted octanol–water partition coefficient (Wildman–Crippen LogP) is 12.9. The van der Waals surface area contributed by atoms with Gasteiger partial charge in [0.25, 0.3) is 0 Å². The number of ether oxygens (including phenoxy) is 1. The molecule has 46 heavy (non-hydrogen) atoms. The van der Waals surface area contributed by atoms with Crippen LogP contribution in [0.15, 0.2) is 65.7 Å². The van der Waals surface area contributed by atoms with Gasteiger partial charge in [-0.05, 0) is 48.6 Å². The quantitative estimate of drug-likeness (QED) is 0.0786. The summed E-state index contributed by atoms with van der Waals surface area (Å²) in [6, 6.07) is 15.0. The Labute approximate surface area is 289 Å². The van der Waals surface area contributed by atoms with Crippen LogP contribution >= 0.6 is 15.9 Å². The number of Topliss-reactive ketones (excluding diaryl/α,β-unsaturated/α-hetero) is 1. The molecule has 3 aromatic rings. The molecule has 0 spiro atoms. The van der Waals surface area contributed by atoms with Crippen LogP contribution in [0.25, 0.3) is 0 Å². The van der Waals surface area contributed by atoms with Crippen molar-refractivity contribution in [3.63, 3.8) is 0 Å². The highest BCUT2D eigenvalue weighted by atomic mass is 79.9. The molecule has 0 saturated heterocycles. The SMILES string of the molecule is CCCCCCCCCCCCCCCC(=O)C(CCCC)c1ccc(C(CCC)n2ccnc2)c(OCc2ccc(Br)cc2)c1. The zero-order valence-corrected chi connectivity index (χ0v) is 30.7. The summed E-state index contributed by atoms with van der Waals surface area (Å²) in [5.41, 5.74) is 3.37. The summed E-state index contributed by atoms with van der Waals surface area (Å²) >= 11 is 3.54. The first kappa shape index (κ1) is 38.1. The van der Waals surface area contributed by atoms with Gasteiger partial charge in [-0.3, -0.25) is 4.79 Å². The van der Waals surface area contributed by atoms with Gasteiger partial charge in [-0.25, -0.2) is 4.98 Å². The Bertz CT molecular complexity index is 1210. The minimum Gasteiger partial charge on any atom is -0.489 e. The van der Waals surface area contributed by atoms with Gasteiger partial charge in [0.15, 0.2) is 0 Å². The van der Waals surface area contributed by atoms with Gasteiger partial charge in [0, 0.05) is 34.8 Å². The number of rotatable bonds is 26. The number of benzene rings is 2. The molecule has 0 radical (unpaired) electrons. The number of imidazole rings is 1. The number of hydrogen-bond donors (Lipinski definition) is 0. The summed E-state index contributed by atoms with van der Waals surface area (Å²) in [7, 11) is 0. The Hall–Kier alpha value is -2.40. The minimum atomic E-state index is -0.0702. The average Bonchev–Trinajstić information content (AvgIpc) is 3.61. The van der Waals surface area contributed by atoms with Crippen molar-refractivity contribution >= 4 is 21.7 Å². The van der Waals surface area contributed by atoms with E-state index >= 15 is 0 Å². The van der Waals surface area contributed by atoms with Gasteiger partial charge < -0.3 is 9.30 Å². The van der Waals surface area contributed by atoms with E-state index in [0.717, 1.165) is 71.9 Å². The van der Waals surface area contributed by atoms with E-state index in [0.29, 0.717) is 18.8 Å². The molecule has 0 N–H and O–H groups in total. The number of ketones is 1. The van der Waals surface area contributed by atoms with Crippen molar-refractivity contribution in [1.29, 1.82) is 0 Å². The maximum Gasteiger partial charge on any atom is 0.140 e. The maximum absolute atomic E-state index is 13.7. The predicted molar refractivity (Wildman–Crippen MR) is 198 cm³/mol. The minimum absolute atomic E-state index is 0.0702. The van der Waals surface area contributed by atoms with Crippen LogP contribution < -0.4 is 4.74 Å². The van der Waals surface area contributed by atoms with Crippen molar-refractivity contribution in [2.75, 3.05) is 0 Å². The zero-order valence-electron chi connectivity index (χ0n) is 29.2. The number of nitrogens with zero attached hydrogens (tertiary/aromatic N) is 2. The summed E-state index contributed by atoms with van der Waals surface area (Å²) < 4.78 is 9.82. The van der Waals surface area contributed by atoms with Crippen LogP contribution in [0.4, 0.5) is 0 Å². The van der Waals surface area contributed by atoms with E-state index in [9.17, 15) is 4.79 Å². The molecule has 0 amide bonds. The van der Waals surface area contributed by atoms with E-state index in [4.69, 9.17) is 4.74 Å². The van der Waals surface area contributed by atoms with E-state index in [1.807, 2.05) is 18.7 Å². The molecule has 0 bridgehead atoms. The molecule has 3 rings (SSSR count). The van der Waals surface area contributed by atoms with Gasteiger partial charge in [-0.1, -0.05) is 157 Å². The lowest BCUT2D eigenvalue weighted by Crippen LogP contribution is -2.15. The van der Waals surface area contributed by atoms with Crippen LogP contribution in [-0.2, 0) is 11.4 Å². The van der Waals surface area contributed by atoms with Crippen LogP contribution in [0.1, 0.15) is 171 Å². The molecule has 2 aromatic carbocycles. The average molecular weight is 694 g/mol. The van der Waals surface area contributed by atoms with Crippen molar-refractivity contribution in [3.8, 4) is 5.75 Å². The Morgan fingerprint density at radius 3 is 1.98 bits per heavy atom. The normalized spacial score (nSPS) is 12.7. The number of aromatic nitrogens is 2. The second kappa shape index (κ2) is 23.0. The number of hydrogen-bond acceptors (Lipinski definition) is 3. The van der Waals surface area contributed by atoms with Crippen molar-refractivity contribution < 1.29 is 9.53 Å². The first-order chi connectivity index (χ1) is 22.6. The fourth-order valence-electron chi connectivity index (χ4n) is 6.52. The highest BCUT2D eigenvalue weighted by Gasteiger charge is 2.24. The first-order valence-electron chi connectivity index (χ1n) is 18.6. The molecular formula is C41H61BrN2O2. The molecule has 0 saturated carbocycles. The van der Waals surface area contributed by atoms with E-state index in [1.54, 1.807) is 0 Å². The monoisotopic (exact) mass is 692 g/mol. The summed E-state index contributed by atoms with van der Waals surface area (Å²) in [6.45, 7) is 7.20. The van der Waals surface area contributed by atoms with Crippen LogP contribution in [-0.4, -0.2) is 15.3 Å². The molecule has 1 aromatic heterocycles. The van der Waals surface area contributed by atoms with Gasteiger partial charge in [-0.15, -0.1) is 0 Å². The molecular weight excluding hydrogens is 632 g/mol. The second-order valence-corrected chi connectivity index (χ2v) is 14.1. The molecule has 5 heteroatoms. The molecule has 0 aliphatic heterocycles. The highest BCUT2D eigenvalue weighted by Crippen LogP contribution is 2.36. The van der Waals surface area contributed by atoms with E-state index in [2.05, 4.69) is 88.7 Å². The molecule has 254 valence electrons. The number of carbonyl (C=O) groups excluding carboxylic acids is 1. The van der Waals surface area contributed by atoms with Crippen LogP contribution in [0, 0.1) is 0 Å². The van der Waals surface area contributed by atoms with E-state index in [-0.39, 0.29) is 12.0 Å². The second-order valence-electron chi connectivity index (χ2n) is 13.2. The third kappa shape index (κ3) is 13.8. The van der Waals surface area contributed by atoms with Gasteiger partial charge in [-0.2, -0.15) is 0 Å². The number of halogens is 1. The maximum atomic E-state index is 13.7. The molecule has 0 aliphatic rings. The van der Waals surface area contributed by atoms with E-state index < -0.39 is 0 Å². The first-order valence-corrected chi connectivity index (χ1v) is 19.4. The molecule has 4 nitrogen and oxygen atoms in total. The lowest BCUT2D eigenvalue weighted by molar-refractivity contribution is -0.120. The number of carbonyl (C=O) groups is 1. The molecule has 2 atom stereocenters. The largest absolute Gasteiger partial charge is 0.489 e. The lowest BCUT2D eigenvalue weighted by Gasteiger charge is -2.24. The van der Waals surface area contributed by atoms with E-state index in [1.165, 1.54) is 70.6 Å². The summed E-state index contributed by atoms with van der Waals surface area (Å²) in [6.07, 6.45) is 28.7. The standard InChI is InChI=1S/C41H61BrN2O2/c1-4-7-9-10-11-12-13-14-15-16-17-18-19-22-40(45)37(21-8-5-2)35-25-28-38(39(20-6-3)44-30-29-43-33-44)41(31-35)46-32-34-23-26-36(42)27-24-34/h23-31,33,37,39H,4-22,32H2,1-3H3. The summed E-state index contributed by atoms with van der Waals surface area (Å²) in [4.78, 5) is 18.1. The van der Waals surface area contributed by atoms with Crippen molar-refractivity contribution in [3.05, 3.63) is 82.3 Å². The van der Waals surface area contributed by atoms with Gasteiger partial charge >= 0.3 is 0 Å². The topological polar surface area (TPSA) is 44.1 Å². The van der Waals surface area contributed by atoms with Crippen molar-refractivity contribution in [2.24, 2.45) is 0 Å². The summed E-state index contributed by atoms with van der Waals surface area (Å²) in [5, 5.41) is 0. The van der Waals surface area contributed by atoms with Crippen molar-refractivity contribution in [2.45, 2.75) is 161 Å². The third-order valence-electron chi connectivity index (χ3n) is 9.32. The van der Waals surface area contributed by atoms with Crippen LogP contribution in [0.2, 0.25) is 0 Å². The number of unbranched alkanes of at least 4 members (excludes halogenated alkanes) is 13. The van der Waals surface area contributed by atoms with Crippen molar-refractivity contribution in [1.82, 2.24) is 9.55 Å². The Morgan fingerprint density at radius 1 is 0.761 bits per heavy atom. The fourth-order valence-corrected chi connectivity index (χ4v) is 6.78. The zero-order chi connectivity index (χ0) is 32.8. The molecule has 0 aliphatic carbocycles. The Balaban J connectivity index is 1.62. The fraction of sp³-hybridized carbons (Fsp3) is 0.610. The molecule has 1 heterocycles. The van der Waals surface area contributed by atoms with Gasteiger partial charge in [0.1, 0.15) is 18.1 Å². The van der Waals surface area contributed by atoms with Crippen LogP contribution in [0.5, 0.6) is 5.75 Å². The van der Waals surface area contributed by atoms with Gasteiger partial charge in [0.05, 0.1) is 12.4 Å². The lowest BCUT2D eigenvalue weighted by atomic mass is 9.86.